The third-order valence-corrected chi connectivity index (χ3v) is 9.26. The van der Waals surface area contributed by atoms with E-state index in [1.54, 1.807) is 30.6 Å². The fraction of sp³-hybridized carbons (Fsp3) is 0.270. The quantitative estimate of drug-likeness (QED) is 0.191. The molecule has 4 aromatic rings. The van der Waals surface area contributed by atoms with Crippen molar-refractivity contribution < 1.29 is 19.2 Å². The topological polar surface area (TPSA) is 163 Å². The lowest BCUT2D eigenvalue weighted by atomic mass is 10.0. The fourth-order valence-corrected chi connectivity index (χ4v) is 6.66. The zero-order chi connectivity index (χ0) is 33.9. The molecule has 1 atom stereocenters. The van der Waals surface area contributed by atoms with Gasteiger partial charge >= 0.3 is 0 Å². The van der Waals surface area contributed by atoms with Crippen LogP contribution in [0, 0.1) is 0 Å². The second-order valence-corrected chi connectivity index (χ2v) is 12.5. The van der Waals surface area contributed by atoms with Gasteiger partial charge in [0.05, 0.1) is 35.4 Å². The van der Waals surface area contributed by atoms with Gasteiger partial charge in [0.15, 0.2) is 0 Å². The Labute approximate surface area is 283 Å². The van der Waals surface area contributed by atoms with E-state index in [0.29, 0.717) is 23.4 Å². The van der Waals surface area contributed by atoms with Gasteiger partial charge in [-0.25, -0.2) is 4.98 Å². The number of hydrogen-bond acceptors (Lipinski definition) is 9. The molecule has 0 radical (unpaired) electrons. The minimum atomic E-state index is -0.682. The number of carbonyl (C=O) groups excluding carboxylic acids is 4. The van der Waals surface area contributed by atoms with Crippen molar-refractivity contribution in [3.8, 4) is 0 Å². The molecule has 248 valence electrons. The van der Waals surface area contributed by atoms with E-state index in [0.717, 1.165) is 59.4 Å². The highest BCUT2D eigenvalue weighted by Gasteiger charge is 2.39. The number of fused-ring (bicyclic) bond motifs is 2. The SMILES string of the molecule is NC=C(C=NC1CCN(c2cccc(CC(=O)Nc3ccc4c(c3)CN(C3CCC(=O)NC3=O)C4=O)c2)CC1)c1cnc2ccccc2n1. The number of rotatable bonds is 8. The molecule has 49 heavy (non-hydrogen) atoms. The summed E-state index contributed by atoms with van der Waals surface area (Å²) in [4.78, 5) is 67.7. The van der Waals surface area contributed by atoms with Crippen molar-refractivity contribution in [3.63, 3.8) is 0 Å². The average molecular weight is 657 g/mol. The van der Waals surface area contributed by atoms with Crippen LogP contribution in [-0.2, 0) is 27.3 Å². The van der Waals surface area contributed by atoms with Crippen LogP contribution < -0.4 is 21.3 Å². The summed E-state index contributed by atoms with van der Waals surface area (Å²) in [5, 5.41) is 5.27. The molecule has 1 unspecified atom stereocenters. The first-order valence-electron chi connectivity index (χ1n) is 16.4. The summed E-state index contributed by atoms with van der Waals surface area (Å²) in [6, 6.07) is 20.4. The molecule has 0 bridgehead atoms. The molecule has 2 saturated heterocycles. The minimum Gasteiger partial charge on any atom is -0.404 e. The predicted octanol–water partition coefficient (Wildman–Crippen LogP) is 3.61. The summed E-state index contributed by atoms with van der Waals surface area (Å²) in [6.45, 7) is 1.91. The number of nitrogens with two attached hydrogens (primary N) is 1. The van der Waals surface area contributed by atoms with Gasteiger partial charge in [0.25, 0.3) is 5.91 Å². The molecule has 3 aliphatic heterocycles. The van der Waals surface area contributed by atoms with Crippen molar-refractivity contribution in [2.75, 3.05) is 23.3 Å². The van der Waals surface area contributed by atoms with Gasteiger partial charge in [-0.05, 0) is 72.9 Å². The maximum atomic E-state index is 13.1. The Kier molecular flexibility index (Phi) is 8.84. The van der Waals surface area contributed by atoms with E-state index < -0.39 is 11.9 Å². The summed E-state index contributed by atoms with van der Waals surface area (Å²) >= 11 is 0. The van der Waals surface area contributed by atoms with Crippen LogP contribution in [0.4, 0.5) is 11.4 Å². The lowest BCUT2D eigenvalue weighted by molar-refractivity contribution is -0.137. The van der Waals surface area contributed by atoms with Crippen molar-refractivity contribution in [3.05, 3.63) is 102 Å². The number of aliphatic imine (C=N–C) groups is 1. The Bertz CT molecular complexity index is 2020. The van der Waals surface area contributed by atoms with Gasteiger partial charge in [-0.2, -0.15) is 0 Å². The number of carbonyl (C=O) groups is 4. The average Bonchev–Trinajstić information content (AvgIpc) is 3.43. The second kappa shape index (κ2) is 13.7. The lowest BCUT2D eigenvalue weighted by Crippen LogP contribution is -2.52. The summed E-state index contributed by atoms with van der Waals surface area (Å²) in [5.74, 6) is -1.19. The normalized spacial score (nSPS) is 18.7. The molecule has 12 heteroatoms. The Balaban J connectivity index is 0.923. The smallest absolute Gasteiger partial charge is 0.255 e. The van der Waals surface area contributed by atoms with Crippen molar-refractivity contribution in [2.45, 2.75) is 50.7 Å². The first-order chi connectivity index (χ1) is 23.8. The Morgan fingerprint density at radius 3 is 2.61 bits per heavy atom. The van der Waals surface area contributed by atoms with E-state index in [2.05, 4.69) is 37.6 Å². The number of nitrogens with one attached hydrogen (secondary N) is 2. The van der Waals surface area contributed by atoms with Crippen LogP contribution in [0.3, 0.4) is 0 Å². The zero-order valence-corrected chi connectivity index (χ0v) is 26.8. The van der Waals surface area contributed by atoms with Gasteiger partial charge in [0, 0.05) is 61.0 Å². The molecule has 4 heterocycles. The van der Waals surface area contributed by atoms with Crippen molar-refractivity contribution in [1.82, 2.24) is 20.2 Å². The molecule has 1 aromatic heterocycles. The summed E-state index contributed by atoms with van der Waals surface area (Å²) in [7, 11) is 0. The number of allylic oxidation sites excluding steroid dienone is 1. The Morgan fingerprint density at radius 2 is 1.82 bits per heavy atom. The second-order valence-electron chi connectivity index (χ2n) is 12.5. The largest absolute Gasteiger partial charge is 0.404 e. The Hall–Kier alpha value is -5.91. The van der Waals surface area contributed by atoms with Gasteiger partial charge in [0.2, 0.25) is 17.7 Å². The molecule has 3 aromatic carbocycles. The maximum Gasteiger partial charge on any atom is 0.255 e. The van der Waals surface area contributed by atoms with E-state index >= 15 is 0 Å². The maximum absolute atomic E-state index is 13.1. The van der Waals surface area contributed by atoms with E-state index in [4.69, 9.17) is 10.7 Å². The van der Waals surface area contributed by atoms with Crippen LogP contribution >= 0.6 is 0 Å². The molecule has 0 saturated carbocycles. The van der Waals surface area contributed by atoms with Crippen LogP contribution in [0.2, 0.25) is 0 Å². The monoisotopic (exact) mass is 656 g/mol. The minimum absolute atomic E-state index is 0.160. The van der Waals surface area contributed by atoms with Crippen LogP contribution in [-0.4, -0.2) is 69.9 Å². The zero-order valence-electron chi connectivity index (χ0n) is 26.8. The number of para-hydroxylation sites is 2. The number of anilines is 2. The first kappa shape index (κ1) is 31.7. The van der Waals surface area contributed by atoms with Crippen LogP contribution in [0.25, 0.3) is 16.6 Å². The molecule has 3 aliphatic rings. The fourth-order valence-electron chi connectivity index (χ4n) is 6.66. The molecule has 2 fully saturated rings. The van der Waals surface area contributed by atoms with Gasteiger partial charge in [0.1, 0.15) is 6.04 Å². The van der Waals surface area contributed by atoms with E-state index in [1.807, 2.05) is 36.4 Å². The number of imide groups is 1. The van der Waals surface area contributed by atoms with Crippen molar-refractivity contribution >= 4 is 57.8 Å². The summed E-state index contributed by atoms with van der Waals surface area (Å²) in [6.07, 6.45) is 7.48. The third kappa shape index (κ3) is 6.89. The van der Waals surface area contributed by atoms with Gasteiger partial charge in [-0.1, -0.05) is 24.3 Å². The highest BCUT2D eigenvalue weighted by molar-refractivity contribution is 6.09. The van der Waals surface area contributed by atoms with Gasteiger partial charge in [-0.3, -0.25) is 34.5 Å². The number of hydrogen-bond donors (Lipinski definition) is 3. The molecule has 0 spiro atoms. The number of piperidine rings is 2. The lowest BCUT2D eigenvalue weighted by Gasteiger charge is -2.32. The molecule has 7 rings (SSSR count). The van der Waals surface area contributed by atoms with Crippen molar-refractivity contribution in [1.29, 1.82) is 0 Å². The standard InChI is InChI=1S/C37H36N8O4/c38-19-25(32-21-40-30-6-1-2-7-31(30)42-32)20-39-26-12-14-44(15-13-26)28-5-3-4-23(16-28)17-35(47)41-27-8-9-29-24(18-27)22-45(37(29)49)33-10-11-34(46)43-36(33)48/h1-9,16,18-21,26,33H,10-15,17,22,38H2,(H,41,47)(H,43,46,48). The van der Waals surface area contributed by atoms with Gasteiger partial charge < -0.3 is 20.9 Å². The number of amides is 4. The predicted molar refractivity (Wildman–Crippen MR) is 187 cm³/mol. The van der Waals surface area contributed by atoms with E-state index in [1.165, 1.54) is 11.1 Å². The van der Waals surface area contributed by atoms with E-state index in [9.17, 15) is 19.2 Å². The molecular formula is C37H36N8O4. The highest BCUT2D eigenvalue weighted by Crippen LogP contribution is 2.30. The summed E-state index contributed by atoms with van der Waals surface area (Å²) in [5.41, 5.74) is 12.8. The molecule has 4 amide bonds. The van der Waals surface area contributed by atoms with Crippen LogP contribution in [0.5, 0.6) is 0 Å². The van der Waals surface area contributed by atoms with E-state index in [-0.39, 0.29) is 43.1 Å². The third-order valence-electron chi connectivity index (χ3n) is 9.26. The summed E-state index contributed by atoms with van der Waals surface area (Å²) < 4.78 is 0. The molecular weight excluding hydrogens is 620 g/mol. The number of benzene rings is 3. The number of aromatic nitrogens is 2. The first-order valence-corrected chi connectivity index (χ1v) is 16.4. The van der Waals surface area contributed by atoms with Crippen molar-refractivity contribution in [2.24, 2.45) is 10.7 Å². The molecule has 4 N–H and O–H groups in total. The molecule has 0 aliphatic carbocycles. The van der Waals surface area contributed by atoms with Crippen LogP contribution in [0.1, 0.15) is 52.9 Å². The van der Waals surface area contributed by atoms with Crippen LogP contribution in [0.15, 0.2) is 84.1 Å². The number of nitrogens with zero attached hydrogens (tertiary/aromatic N) is 5. The molecule has 12 nitrogen and oxygen atoms in total. The Morgan fingerprint density at radius 1 is 1.00 bits per heavy atom. The highest BCUT2D eigenvalue weighted by atomic mass is 16.2. The van der Waals surface area contributed by atoms with Gasteiger partial charge in [-0.15, -0.1) is 0 Å².